The first kappa shape index (κ1) is 23.3. The number of likely N-dealkylation sites (tertiary alicyclic amines) is 1. The Morgan fingerprint density at radius 2 is 2.00 bits per heavy atom. The first-order valence-corrected chi connectivity index (χ1v) is 12.8. The fourth-order valence-electron chi connectivity index (χ4n) is 4.47. The lowest BCUT2D eigenvalue weighted by Crippen LogP contribution is -2.43. The fraction of sp³-hybridized carbons (Fsp3) is 0.435. The number of carbonyl (C=O) groups is 1. The summed E-state index contributed by atoms with van der Waals surface area (Å²) in [5, 5.41) is 11.4. The summed E-state index contributed by atoms with van der Waals surface area (Å²) in [5.74, 6) is 2.22. The van der Waals surface area contributed by atoms with Crippen molar-refractivity contribution in [2.24, 2.45) is 5.92 Å². The van der Waals surface area contributed by atoms with Gasteiger partial charge in [0.2, 0.25) is 6.79 Å². The topological polar surface area (TPSA) is 116 Å². The fourth-order valence-corrected chi connectivity index (χ4v) is 6.04. The van der Waals surface area contributed by atoms with Crippen molar-refractivity contribution in [3.8, 4) is 11.5 Å². The normalized spacial score (nSPS) is 16.9. The van der Waals surface area contributed by atoms with E-state index in [1.165, 1.54) is 13.3 Å². The van der Waals surface area contributed by atoms with E-state index >= 15 is 0 Å². The molecule has 0 radical (unpaired) electrons. The molecule has 0 saturated carbocycles. The largest absolute Gasteiger partial charge is 0.454 e. The number of anilines is 1. The van der Waals surface area contributed by atoms with E-state index in [-0.39, 0.29) is 12.7 Å². The molecule has 1 saturated heterocycles. The smallest absolute Gasteiger partial charge is 0.251 e. The highest BCUT2D eigenvalue weighted by molar-refractivity contribution is 9.10. The molecule has 4 heterocycles. The molecule has 34 heavy (non-hydrogen) atoms. The van der Waals surface area contributed by atoms with Gasteiger partial charge in [0.05, 0.1) is 10.4 Å². The predicted molar refractivity (Wildman–Crippen MR) is 132 cm³/mol. The zero-order valence-corrected chi connectivity index (χ0v) is 21.1. The Kier molecular flexibility index (Phi) is 6.59. The monoisotopic (exact) mass is 547 g/mol. The molecule has 3 aromatic rings. The van der Waals surface area contributed by atoms with Crippen LogP contribution in [0, 0.1) is 5.92 Å². The Morgan fingerprint density at radius 3 is 2.74 bits per heavy atom. The number of piperidine rings is 1. The Labute approximate surface area is 209 Å². The molecule has 1 amide bonds. The summed E-state index contributed by atoms with van der Waals surface area (Å²) in [7, 11) is 0. The van der Waals surface area contributed by atoms with Crippen molar-refractivity contribution in [2.45, 2.75) is 48.8 Å². The number of rotatable bonds is 6. The number of hydrogen-bond donors (Lipinski definition) is 2. The molecular weight excluding hydrogens is 522 g/mol. The van der Waals surface area contributed by atoms with Crippen LogP contribution >= 0.6 is 27.7 Å². The molecule has 3 N–H and O–H groups in total. The van der Waals surface area contributed by atoms with Crippen LogP contribution in [0.5, 0.6) is 11.5 Å². The van der Waals surface area contributed by atoms with Gasteiger partial charge in [-0.1, -0.05) is 11.8 Å². The molecule has 5 rings (SSSR count). The van der Waals surface area contributed by atoms with Crippen molar-refractivity contribution in [3.63, 3.8) is 0 Å². The highest BCUT2D eigenvalue weighted by atomic mass is 79.9. The van der Waals surface area contributed by atoms with E-state index in [4.69, 9.17) is 15.2 Å². The van der Waals surface area contributed by atoms with Gasteiger partial charge in [-0.15, -0.1) is 0 Å². The Hall–Kier alpha value is -2.50. The van der Waals surface area contributed by atoms with Gasteiger partial charge in [-0.3, -0.25) is 4.79 Å². The molecular formula is C23H26BrN5O4S. The highest BCUT2D eigenvalue weighted by Gasteiger charge is 2.26. The number of aliphatic hydroxyl groups is 1. The molecule has 11 heteroatoms. The van der Waals surface area contributed by atoms with E-state index in [9.17, 15) is 9.90 Å². The summed E-state index contributed by atoms with van der Waals surface area (Å²) in [6, 6.07) is 5.94. The van der Waals surface area contributed by atoms with Gasteiger partial charge in [0, 0.05) is 29.0 Å². The van der Waals surface area contributed by atoms with Crippen LogP contribution in [0.25, 0.3) is 11.0 Å². The molecule has 0 aliphatic carbocycles. The van der Waals surface area contributed by atoms with Gasteiger partial charge in [-0.05, 0) is 66.2 Å². The molecule has 1 fully saturated rings. The zero-order valence-electron chi connectivity index (χ0n) is 18.7. The molecule has 1 atom stereocenters. The minimum Gasteiger partial charge on any atom is -0.454 e. The van der Waals surface area contributed by atoms with E-state index in [1.54, 1.807) is 16.7 Å². The van der Waals surface area contributed by atoms with Crippen LogP contribution in [0.4, 0.5) is 5.82 Å². The third-order valence-corrected chi connectivity index (χ3v) is 8.39. The lowest BCUT2D eigenvalue weighted by atomic mass is 9.93. The maximum absolute atomic E-state index is 12.1. The number of carbonyl (C=O) groups excluding carboxylic acids is 1. The van der Waals surface area contributed by atoms with Gasteiger partial charge < -0.3 is 29.8 Å². The molecule has 0 bridgehead atoms. The van der Waals surface area contributed by atoms with E-state index in [0.717, 1.165) is 62.7 Å². The Balaban J connectivity index is 1.36. The van der Waals surface area contributed by atoms with E-state index in [0.29, 0.717) is 24.8 Å². The van der Waals surface area contributed by atoms with Gasteiger partial charge in [0.25, 0.3) is 5.91 Å². The Morgan fingerprint density at radius 1 is 1.26 bits per heavy atom. The molecule has 2 aliphatic heterocycles. The highest BCUT2D eigenvalue weighted by Crippen LogP contribution is 2.44. The van der Waals surface area contributed by atoms with Crippen LogP contribution < -0.4 is 15.2 Å². The average Bonchev–Trinajstić information content (AvgIpc) is 3.42. The second-order valence-electron chi connectivity index (χ2n) is 8.60. The van der Waals surface area contributed by atoms with Crippen LogP contribution in [-0.2, 0) is 11.3 Å². The first-order valence-electron chi connectivity index (χ1n) is 11.2. The molecule has 180 valence electrons. The van der Waals surface area contributed by atoms with Crippen molar-refractivity contribution in [1.82, 2.24) is 19.4 Å². The third-order valence-electron chi connectivity index (χ3n) is 6.37. The number of amides is 1. The number of nitrogens with zero attached hydrogens (tertiary/aromatic N) is 4. The van der Waals surface area contributed by atoms with Crippen molar-refractivity contribution in [3.05, 3.63) is 29.0 Å². The van der Waals surface area contributed by atoms with Crippen molar-refractivity contribution >= 4 is 50.5 Å². The second-order valence-corrected chi connectivity index (χ2v) is 10.5. The van der Waals surface area contributed by atoms with Crippen LogP contribution in [0.3, 0.4) is 0 Å². The Bertz CT molecular complexity index is 1230. The maximum atomic E-state index is 12.1. The number of ether oxygens (including phenoxy) is 2. The van der Waals surface area contributed by atoms with Crippen molar-refractivity contribution in [2.75, 3.05) is 25.6 Å². The van der Waals surface area contributed by atoms with E-state index in [1.807, 2.05) is 18.2 Å². The van der Waals surface area contributed by atoms with Gasteiger partial charge in [-0.2, -0.15) is 0 Å². The van der Waals surface area contributed by atoms with Crippen LogP contribution in [-0.4, -0.2) is 56.4 Å². The summed E-state index contributed by atoms with van der Waals surface area (Å²) in [6.45, 7) is 3.89. The van der Waals surface area contributed by atoms with Gasteiger partial charge in [-0.25, -0.2) is 9.97 Å². The summed E-state index contributed by atoms with van der Waals surface area (Å²) < 4.78 is 14.2. The zero-order chi connectivity index (χ0) is 23.8. The molecule has 0 spiro atoms. The predicted octanol–water partition coefficient (Wildman–Crippen LogP) is 3.67. The van der Waals surface area contributed by atoms with Crippen LogP contribution in [0.2, 0.25) is 0 Å². The number of aromatic nitrogens is 3. The number of nitrogen functional groups attached to an aromatic ring is 1. The quantitative estimate of drug-likeness (QED) is 0.480. The molecule has 9 nitrogen and oxygen atoms in total. The summed E-state index contributed by atoms with van der Waals surface area (Å²) in [6.07, 6.45) is 3.36. The lowest BCUT2D eigenvalue weighted by Gasteiger charge is -2.33. The van der Waals surface area contributed by atoms with Crippen LogP contribution in [0.1, 0.15) is 26.2 Å². The minimum absolute atomic E-state index is 0.185. The third kappa shape index (κ3) is 4.56. The van der Waals surface area contributed by atoms with Gasteiger partial charge in [0.15, 0.2) is 11.5 Å². The lowest BCUT2D eigenvalue weighted by molar-refractivity contribution is -0.140. The van der Waals surface area contributed by atoms with Gasteiger partial charge >= 0.3 is 0 Å². The summed E-state index contributed by atoms with van der Waals surface area (Å²) >= 11 is 5.26. The SMILES string of the molecule is C[C@H](O)C(=O)N1CCC(CCn2c(Sc3cc4c(cc3Br)OCO4)cc3c(N)ncnc32)CC1. The van der Waals surface area contributed by atoms with Crippen molar-refractivity contribution < 1.29 is 19.4 Å². The number of aryl methyl sites for hydroxylation is 1. The number of aliphatic hydroxyl groups excluding tert-OH is 1. The molecule has 2 aliphatic rings. The molecule has 0 unspecified atom stereocenters. The summed E-state index contributed by atoms with van der Waals surface area (Å²) in [4.78, 5) is 23.5. The number of nitrogens with two attached hydrogens (primary N) is 1. The molecule has 2 aromatic heterocycles. The number of fused-ring (bicyclic) bond motifs is 2. The maximum Gasteiger partial charge on any atom is 0.251 e. The number of hydrogen-bond acceptors (Lipinski definition) is 8. The van der Waals surface area contributed by atoms with Crippen molar-refractivity contribution in [1.29, 1.82) is 0 Å². The standard InChI is InChI=1S/C23H26BrN5O4S/c1-13(30)23(31)28-5-2-14(3-6-28)4-7-29-20(8-15-21(25)26-11-27-22(15)29)34-19-10-18-17(9-16(19)24)32-12-33-18/h8-11,13-14,30H,2-7,12H2,1H3,(H2,25,26,27)/t13-/m0/s1. The van der Waals surface area contributed by atoms with E-state index < -0.39 is 6.10 Å². The second kappa shape index (κ2) is 9.63. The summed E-state index contributed by atoms with van der Waals surface area (Å²) in [5.41, 5.74) is 6.98. The van der Waals surface area contributed by atoms with Crippen LogP contribution in [0.15, 0.2) is 38.9 Å². The van der Waals surface area contributed by atoms with E-state index in [2.05, 4.69) is 30.5 Å². The number of halogens is 1. The first-order chi connectivity index (χ1) is 16.4. The minimum atomic E-state index is -0.942. The van der Waals surface area contributed by atoms with Gasteiger partial charge in [0.1, 0.15) is 23.9 Å². The average molecular weight is 548 g/mol. The molecule has 1 aromatic carbocycles. The number of benzene rings is 1.